The van der Waals surface area contributed by atoms with Crippen LogP contribution in [0.5, 0.6) is 11.5 Å². The van der Waals surface area contributed by atoms with Crippen molar-refractivity contribution in [3.05, 3.63) is 94.0 Å². The summed E-state index contributed by atoms with van der Waals surface area (Å²) in [4.78, 5) is 11.7. The van der Waals surface area contributed by atoms with Crippen LogP contribution in [0.25, 0.3) is 0 Å². The molecule has 4 nitrogen and oxygen atoms in total. The molecule has 3 aromatic rings. The Kier molecular flexibility index (Phi) is 5.92. The zero-order valence-corrected chi connectivity index (χ0v) is 18.6. The lowest BCUT2D eigenvalue weighted by molar-refractivity contribution is 0.0600. The number of hydrogen-bond donors (Lipinski definition) is 0. The van der Waals surface area contributed by atoms with Crippen molar-refractivity contribution in [1.82, 2.24) is 0 Å². The minimum absolute atomic E-state index is 0.00373. The number of benzene rings is 3. The van der Waals surface area contributed by atoms with Crippen LogP contribution in [0.1, 0.15) is 46.3 Å². The molecule has 0 radical (unpaired) electrons. The van der Waals surface area contributed by atoms with Gasteiger partial charge < -0.3 is 14.2 Å². The van der Waals surface area contributed by atoms with Gasteiger partial charge in [-0.1, -0.05) is 48.9 Å². The Bertz CT molecular complexity index is 1080. The van der Waals surface area contributed by atoms with Crippen LogP contribution >= 0.6 is 11.6 Å². The van der Waals surface area contributed by atoms with Crippen molar-refractivity contribution < 1.29 is 19.0 Å². The fraction of sp³-hybridized carbons (Fsp3) is 0.269. The second-order valence-electron chi connectivity index (χ2n) is 8.06. The minimum Gasteiger partial charge on any atom is -0.497 e. The van der Waals surface area contributed by atoms with E-state index in [4.69, 9.17) is 25.8 Å². The number of rotatable bonds is 7. The molecule has 4 rings (SSSR count). The third kappa shape index (κ3) is 4.40. The lowest BCUT2D eigenvalue weighted by atomic mass is 9.92. The highest BCUT2D eigenvalue weighted by atomic mass is 35.5. The van der Waals surface area contributed by atoms with Gasteiger partial charge in [-0.25, -0.2) is 4.79 Å². The lowest BCUT2D eigenvalue weighted by Gasteiger charge is -2.14. The van der Waals surface area contributed by atoms with Gasteiger partial charge in [-0.15, -0.1) is 0 Å². The first-order chi connectivity index (χ1) is 14.9. The van der Waals surface area contributed by atoms with Gasteiger partial charge in [0.2, 0.25) is 0 Å². The molecule has 1 aliphatic carbocycles. The Hall–Kier alpha value is -2.98. The number of ether oxygens (including phenoxy) is 3. The maximum atomic E-state index is 11.7. The van der Waals surface area contributed by atoms with E-state index in [-0.39, 0.29) is 11.4 Å². The monoisotopic (exact) mass is 436 g/mol. The van der Waals surface area contributed by atoms with Crippen molar-refractivity contribution in [3.63, 3.8) is 0 Å². The summed E-state index contributed by atoms with van der Waals surface area (Å²) in [5, 5.41) is 0.715. The van der Waals surface area contributed by atoms with Crippen molar-refractivity contribution in [1.29, 1.82) is 0 Å². The summed E-state index contributed by atoms with van der Waals surface area (Å²) in [6.45, 7) is 2.70. The van der Waals surface area contributed by atoms with E-state index in [1.54, 1.807) is 7.11 Å². The molecule has 31 heavy (non-hydrogen) atoms. The van der Waals surface area contributed by atoms with Gasteiger partial charge in [-0.3, -0.25) is 0 Å². The van der Waals surface area contributed by atoms with Crippen molar-refractivity contribution >= 4 is 17.6 Å². The van der Waals surface area contributed by atoms with Crippen LogP contribution in [-0.4, -0.2) is 20.2 Å². The fourth-order valence-corrected chi connectivity index (χ4v) is 4.31. The van der Waals surface area contributed by atoms with Crippen LogP contribution in [0.15, 0.2) is 66.7 Å². The zero-order chi connectivity index (χ0) is 22.0. The highest BCUT2D eigenvalue weighted by Crippen LogP contribution is 2.61. The summed E-state index contributed by atoms with van der Waals surface area (Å²) in [7, 11) is 3.04. The van der Waals surface area contributed by atoms with E-state index in [2.05, 4.69) is 13.0 Å². The molecule has 0 aliphatic heterocycles. The molecule has 2 unspecified atom stereocenters. The normalized spacial score (nSPS) is 19.5. The van der Waals surface area contributed by atoms with Crippen molar-refractivity contribution in [2.24, 2.45) is 0 Å². The maximum Gasteiger partial charge on any atom is 0.337 e. The van der Waals surface area contributed by atoms with E-state index in [1.807, 2.05) is 60.7 Å². The van der Waals surface area contributed by atoms with Gasteiger partial charge in [-0.2, -0.15) is 0 Å². The van der Waals surface area contributed by atoms with Gasteiger partial charge in [0.05, 0.1) is 19.8 Å². The first-order valence-electron chi connectivity index (χ1n) is 10.2. The molecular weight excluding hydrogens is 412 g/mol. The Morgan fingerprint density at radius 3 is 2.29 bits per heavy atom. The number of esters is 1. The second-order valence-corrected chi connectivity index (χ2v) is 8.47. The summed E-state index contributed by atoms with van der Waals surface area (Å²) >= 11 is 6.63. The summed E-state index contributed by atoms with van der Waals surface area (Å²) in [5.41, 5.74) is 3.94. The number of methoxy groups -OCH3 is 2. The topological polar surface area (TPSA) is 44.8 Å². The molecule has 3 aromatic carbocycles. The maximum absolute atomic E-state index is 11.7. The van der Waals surface area contributed by atoms with Crippen LogP contribution in [0, 0.1) is 0 Å². The van der Waals surface area contributed by atoms with E-state index in [0.717, 1.165) is 29.0 Å². The molecule has 2 atom stereocenters. The summed E-state index contributed by atoms with van der Waals surface area (Å²) in [6, 6.07) is 21.4. The predicted molar refractivity (Wildman–Crippen MR) is 121 cm³/mol. The van der Waals surface area contributed by atoms with Gasteiger partial charge in [-0.05, 0) is 65.4 Å². The Balaban J connectivity index is 1.43. The van der Waals surface area contributed by atoms with Crippen molar-refractivity contribution in [2.75, 3.05) is 14.2 Å². The van der Waals surface area contributed by atoms with Gasteiger partial charge in [0.15, 0.2) is 0 Å². The summed E-state index contributed by atoms with van der Waals surface area (Å²) in [6.07, 6.45) is 1.01. The number of carbonyl (C=O) groups is 1. The smallest absolute Gasteiger partial charge is 0.337 e. The number of carbonyl (C=O) groups excluding carboxylic acids is 1. The van der Waals surface area contributed by atoms with E-state index >= 15 is 0 Å². The SMILES string of the molecule is COC(=O)c1ccc(C2(C)CC2c2ccc(OCc3ccc(OC)cc3)cc2Cl)cc1. The van der Waals surface area contributed by atoms with Crippen molar-refractivity contribution in [2.45, 2.75) is 31.3 Å². The summed E-state index contributed by atoms with van der Waals surface area (Å²) in [5.74, 6) is 1.58. The zero-order valence-electron chi connectivity index (χ0n) is 17.9. The largest absolute Gasteiger partial charge is 0.497 e. The van der Waals surface area contributed by atoms with E-state index in [9.17, 15) is 4.79 Å². The molecule has 0 saturated heterocycles. The Morgan fingerprint density at radius 1 is 1.00 bits per heavy atom. The van der Waals surface area contributed by atoms with E-state index in [1.165, 1.54) is 12.7 Å². The predicted octanol–water partition coefficient (Wildman–Crippen LogP) is 6.16. The molecule has 0 spiro atoms. The van der Waals surface area contributed by atoms with Crippen molar-refractivity contribution in [3.8, 4) is 11.5 Å². The van der Waals surface area contributed by atoms with Crippen LogP contribution < -0.4 is 9.47 Å². The van der Waals surface area contributed by atoms with Gasteiger partial charge in [0.1, 0.15) is 18.1 Å². The third-order valence-electron chi connectivity index (χ3n) is 6.11. The van der Waals surface area contributed by atoms with Gasteiger partial charge >= 0.3 is 5.97 Å². The lowest BCUT2D eigenvalue weighted by Crippen LogP contribution is -2.06. The molecule has 160 valence electrons. The minimum atomic E-state index is -0.322. The molecule has 1 aliphatic rings. The molecule has 0 heterocycles. The number of halogens is 1. The second kappa shape index (κ2) is 8.64. The first kappa shape index (κ1) is 21.3. The van der Waals surface area contributed by atoms with Crippen LogP contribution in [0.4, 0.5) is 0 Å². The quantitative estimate of drug-likeness (QED) is 0.416. The summed E-state index contributed by atoms with van der Waals surface area (Å²) < 4.78 is 15.9. The van der Waals surface area contributed by atoms with E-state index < -0.39 is 0 Å². The molecule has 1 saturated carbocycles. The van der Waals surface area contributed by atoms with Gasteiger partial charge in [0.25, 0.3) is 0 Å². The fourth-order valence-electron chi connectivity index (χ4n) is 4.01. The molecule has 5 heteroatoms. The van der Waals surface area contributed by atoms with E-state index in [0.29, 0.717) is 23.1 Å². The highest BCUT2D eigenvalue weighted by Gasteiger charge is 2.52. The average molecular weight is 437 g/mol. The third-order valence-corrected chi connectivity index (χ3v) is 6.44. The highest BCUT2D eigenvalue weighted by molar-refractivity contribution is 6.31. The van der Waals surface area contributed by atoms with Gasteiger partial charge in [0, 0.05) is 10.4 Å². The molecule has 0 amide bonds. The standard InChI is InChI=1S/C26H25ClO4/c1-26(19-8-6-18(7-9-19)25(28)30-3)15-23(26)22-13-12-21(14-24(22)27)31-16-17-4-10-20(29-2)11-5-17/h4-14,23H,15-16H2,1-3H3. The Morgan fingerprint density at radius 2 is 1.68 bits per heavy atom. The molecule has 0 N–H and O–H groups in total. The molecule has 0 aromatic heterocycles. The molecule has 0 bridgehead atoms. The first-order valence-corrected chi connectivity index (χ1v) is 10.6. The average Bonchev–Trinajstić information content (AvgIpc) is 3.49. The van der Waals surface area contributed by atoms with Crippen LogP contribution in [-0.2, 0) is 16.8 Å². The number of hydrogen-bond acceptors (Lipinski definition) is 4. The molecule has 1 fully saturated rings. The van der Waals surface area contributed by atoms with Crippen LogP contribution in [0.2, 0.25) is 5.02 Å². The Labute approximate surface area is 187 Å². The van der Waals surface area contributed by atoms with Crippen LogP contribution in [0.3, 0.4) is 0 Å². The molecular formula is C26H25ClO4.